The number of carbonyl (C=O) groups excluding carboxylic acids is 1. The summed E-state index contributed by atoms with van der Waals surface area (Å²) in [5.74, 6) is -0.204. The van der Waals surface area contributed by atoms with Crippen LogP contribution in [0.5, 0.6) is 0 Å². The molecule has 1 rings (SSSR count). The van der Waals surface area contributed by atoms with E-state index in [4.69, 9.17) is 10.9 Å². The molecule has 0 aromatic heterocycles. The third-order valence-corrected chi connectivity index (χ3v) is 3.44. The number of nitrogens with zero attached hydrogens (tertiary/aromatic N) is 2. The number of aliphatic hydroxyl groups is 1. The number of rotatable bonds is 4. The lowest BCUT2D eigenvalue weighted by atomic mass is 9.83. The molecule has 0 saturated heterocycles. The molecular weight excluding hydrogens is 234 g/mol. The van der Waals surface area contributed by atoms with Crippen LogP contribution in [0.25, 0.3) is 0 Å². The highest BCUT2D eigenvalue weighted by Gasteiger charge is 2.47. The van der Waals surface area contributed by atoms with E-state index in [2.05, 4.69) is 5.16 Å². The molecule has 1 saturated carbocycles. The summed E-state index contributed by atoms with van der Waals surface area (Å²) < 4.78 is 0. The van der Waals surface area contributed by atoms with E-state index in [0.717, 1.165) is 12.8 Å². The molecule has 0 aromatic rings. The highest BCUT2D eigenvalue weighted by atomic mass is 16.4. The average molecular weight is 257 g/mol. The van der Waals surface area contributed by atoms with Crippen LogP contribution < -0.4 is 5.73 Å². The summed E-state index contributed by atoms with van der Waals surface area (Å²) in [6.45, 7) is 3.50. The van der Waals surface area contributed by atoms with Gasteiger partial charge in [0.1, 0.15) is 5.41 Å². The standard InChI is InChI=1S/C12H23N3O3/c1-11(2,17)8-15(3)10(16)12(9(13)14-18)6-4-5-7-12/h17-18H,4-8H2,1-3H3,(H2,13,14). The first-order valence-corrected chi connectivity index (χ1v) is 6.19. The zero-order chi connectivity index (χ0) is 14.0. The van der Waals surface area contributed by atoms with Crippen LogP contribution >= 0.6 is 0 Å². The summed E-state index contributed by atoms with van der Waals surface area (Å²) >= 11 is 0. The van der Waals surface area contributed by atoms with Crippen molar-refractivity contribution in [3.63, 3.8) is 0 Å². The molecule has 1 amide bonds. The molecule has 18 heavy (non-hydrogen) atoms. The van der Waals surface area contributed by atoms with Crippen LogP contribution in [-0.2, 0) is 4.79 Å². The quantitative estimate of drug-likeness (QED) is 0.296. The second-order valence-corrected chi connectivity index (χ2v) is 5.75. The van der Waals surface area contributed by atoms with Crippen molar-refractivity contribution in [2.24, 2.45) is 16.3 Å². The molecule has 0 radical (unpaired) electrons. The molecule has 104 valence electrons. The topological polar surface area (TPSA) is 99.2 Å². The Bertz CT molecular complexity index is 341. The minimum Gasteiger partial charge on any atom is -0.409 e. The third kappa shape index (κ3) is 2.93. The lowest BCUT2D eigenvalue weighted by Gasteiger charge is -2.33. The predicted octanol–water partition coefficient (Wildman–Crippen LogP) is 0.522. The van der Waals surface area contributed by atoms with Gasteiger partial charge in [-0.3, -0.25) is 4.79 Å². The van der Waals surface area contributed by atoms with Gasteiger partial charge in [-0.15, -0.1) is 0 Å². The maximum Gasteiger partial charge on any atom is 0.236 e. The molecule has 0 atom stereocenters. The SMILES string of the molecule is CN(CC(C)(C)O)C(=O)C1(C(N)=NO)CCCC1. The van der Waals surface area contributed by atoms with Gasteiger partial charge >= 0.3 is 0 Å². The Balaban J connectivity index is 2.91. The largest absolute Gasteiger partial charge is 0.409 e. The van der Waals surface area contributed by atoms with Gasteiger partial charge in [0.2, 0.25) is 5.91 Å². The minimum absolute atomic E-state index is 0.0207. The molecule has 0 spiro atoms. The van der Waals surface area contributed by atoms with Crippen molar-refractivity contribution in [3.05, 3.63) is 0 Å². The Hall–Kier alpha value is -1.30. The van der Waals surface area contributed by atoms with Gasteiger partial charge < -0.3 is 20.9 Å². The van der Waals surface area contributed by atoms with E-state index in [1.165, 1.54) is 4.90 Å². The van der Waals surface area contributed by atoms with Gasteiger partial charge in [0.05, 0.1) is 5.60 Å². The lowest BCUT2D eigenvalue weighted by molar-refractivity contribution is -0.139. The summed E-state index contributed by atoms with van der Waals surface area (Å²) in [5.41, 5.74) is 3.85. The molecule has 0 unspecified atom stereocenters. The number of hydrogen-bond donors (Lipinski definition) is 3. The van der Waals surface area contributed by atoms with Crippen LogP contribution in [0.2, 0.25) is 0 Å². The summed E-state index contributed by atoms with van der Waals surface area (Å²) in [4.78, 5) is 13.9. The van der Waals surface area contributed by atoms with Gasteiger partial charge in [0.25, 0.3) is 0 Å². The summed E-state index contributed by atoms with van der Waals surface area (Å²) in [7, 11) is 1.63. The Morgan fingerprint density at radius 2 is 1.94 bits per heavy atom. The first kappa shape index (κ1) is 14.8. The van der Waals surface area contributed by atoms with Crippen LogP contribution in [0.1, 0.15) is 39.5 Å². The Morgan fingerprint density at radius 3 is 2.33 bits per heavy atom. The van der Waals surface area contributed by atoms with Gasteiger partial charge in [-0.1, -0.05) is 18.0 Å². The van der Waals surface area contributed by atoms with Gasteiger partial charge in [0.15, 0.2) is 5.84 Å². The fourth-order valence-electron chi connectivity index (χ4n) is 2.67. The van der Waals surface area contributed by atoms with Crippen molar-refractivity contribution in [2.75, 3.05) is 13.6 Å². The van der Waals surface area contributed by atoms with Gasteiger partial charge in [-0.25, -0.2) is 0 Å². The van der Waals surface area contributed by atoms with Crippen molar-refractivity contribution < 1.29 is 15.1 Å². The van der Waals surface area contributed by atoms with Crippen molar-refractivity contribution >= 4 is 11.7 Å². The van der Waals surface area contributed by atoms with Crippen molar-refractivity contribution in [2.45, 2.75) is 45.1 Å². The van der Waals surface area contributed by atoms with Crippen LogP contribution in [-0.4, -0.2) is 46.1 Å². The monoisotopic (exact) mass is 257 g/mol. The van der Waals surface area contributed by atoms with Gasteiger partial charge in [-0.05, 0) is 26.7 Å². The average Bonchev–Trinajstić information content (AvgIpc) is 2.74. The van der Waals surface area contributed by atoms with E-state index < -0.39 is 11.0 Å². The summed E-state index contributed by atoms with van der Waals surface area (Å²) in [6.07, 6.45) is 2.96. The summed E-state index contributed by atoms with van der Waals surface area (Å²) in [5, 5.41) is 21.6. The third-order valence-electron chi connectivity index (χ3n) is 3.44. The van der Waals surface area contributed by atoms with Crippen LogP contribution in [0, 0.1) is 5.41 Å². The molecule has 0 heterocycles. The number of likely N-dealkylation sites (N-methyl/N-ethyl adjacent to an activating group) is 1. The maximum absolute atomic E-state index is 12.5. The van der Waals surface area contributed by atoms with Gasteiger partial charge in [0, 0.05) is 13.6 Å². The molecule has 0 bridgehead atoms. The van der Waals surface area contributed by atoms with Crippen molar-refractivity contribution in [1.29, 1.82) is 0 Å². The highest BCUT2D eigenvalue weighted by Crippen LogP contribution is 2.40. The Kier molecular flexibility index (Phi) is 4.21. The molecule has 1 aliphatic carbocycles. The van der Waals surface area contributed by atoms with Crippen LogP contribution in [0.4, 0.5) is 0 Å². The normalized spacial score (nSPS) is 19.9. The highest BCUT2D eigenvalue weighted by molar-refractivity contribution is 6.06. The fourth-order valence-corrected chi connectivity index (χ4v) is 2.67. The molecule has 1 aliphatic rings. The van der Waals surface area contributed by atoms with Crippen molar-refractivity contribution in [1.82, 2.24) is 4.90 Å². The molecule has 6 heteroatoms. The van der Waals surface area contributed by atoms with E-state index in [-0.39, 0.29) is 18.3 Å². The second kappa shape index (κ2) is 5.14. The van der Waals surface area contributed by atoms with Gasteiger partial charge in [-0.2, -0.15) is 0 Å². The zero-order valence-corrected chi connectivity index (χ0v) is 11.3. The molecule has 0 aliphatic heterocycles. The predicted molar refractivity (Wildman–Crippen MR) is 68.2 cm³/mol. The van der Waals surface area contributed by atoms with E-state index in [1.807, 2.05) is 0 Å². The number of hydrogen-bond acceptors (Lipinski definition) is 4. The molecule has 6 nitrogen and oxygen atoms in total. The zero-order valence-electron chi connectivity index (χ0n) is 11.3. The van der Waals surface area contributed by atoms with E-state index in [0.29, 0.717) is 12.8 Å². The van der Waals surface area contributed by atoms with E-state index in [9.17, 15) is 9.90 Å². The minimum atomic E-state index is -0.963. The molecule has 1 fully saturated rings. The Morgan fingerprint density at radius 1 is 1.44 bits per heavy atom. The van der Waals surface area contributed by atoms with E-state index >= 15 is 0 Å². The fraction of sp³-hybridized carbons (Fsp3) is 0.833. The van der Waals surface area contributed by atoms with Crippen LogP contribution in [0.15, 0.2) is 5.16 Å². The Labute approximate surface area is 107 Å². The molecule has 4 N–H and O–H groups in total. The molecular formula is C12H23N3O3. The number of amides is 1. The van der Waals surface area contributed by atoms with Crippen molar-refractivity contribution in [3.8, 4) is 0 Å². The smallest absolute Gasteiger partial charge is 0.236 e. The number of amidine groups is 1. The molecule has 0 aromatic carbocycles. The lowest BCUT2D eigenvalue weighted by Crippen LogP contribution is -2.51. The first-order valence-electron chi connectivity index (χ1n) is 6.19. The number of carbonyl (C=O) groups is 1. The van der Waals surface area contributed by atoms with Crippen LogP contribution in [0.3, 0.4) is 0 Å². The summed E-state index contributed by atoms with van der Waals surface area (Å²) in [6, 6.07) is 0. The van der Waals surface area contributed by atoms with E-state index in [1.54, 1.807) is 20.9 Å². The number of nitrogens with two attached hydrogens (primary N) is 1. The second-order valence-electron chi connectivity index (χ2n) is 5.75. The number of oxime groups is 1. The first-order chi connectivity index (χ1) is 8.23. The maximum atomic E-state index is 12.5.